The monoisotopic (exact) mass is 276 g/mol. The summed E-state index contributed by atoms with van der Waals surface area (Å²) in [5, 5.41) is 2.87. The standard InChI is InChI=1S/C13H13FN4S/c1-13(11-16-6-7-19-11)8-17-12(15)18(13)10-4-2-9(14)3-5-10/h2-7H,8H2,1H3,(H2,15,17). The van der Waals surface area contributed by atoms with E-state index in [1.807, 2.05) is 17.2 Å². The maximum atomic E-state index is 13.0. The molecule has 1 aromatic heterocycles. The number of thiazole rings is 1. The largest absolute Gasteiger partial charge is 0.369 e. The summed E-state index contributed by atoms with van der Waals surface area (Å²) in [5.41, 5.74) is 6.40. The fraction of sp³-hybridized carbons (Fsp3) is 0.231. The second-order valence-electron chi connectivity index (χ2n) is 4.60. The van der Waals surface area contributed by atoms with Crippen molar-refractivity contribution in [3.8, 4) is 0 Å². The van der Waals surface area contributed by atoms with Crippen LogP contribution in [0.3, 0.4) is 0 Å². The Bertz CT molecular complexity index is 608. The van der Waals surface area contributed by atoms with E-state index in [1.165, 1.54) is 12.1 Å². The van der Waals surface area contributed by atoms with Crippen molar-refractivity contribution in [3.05, 3.63) is 46.7 Å². The molecule has 19 heavy (non-hydrogen) atoms. The van der Waals surface area contributed by atoms with Gasteiger partial charge in [-0.2, -0.15) is 0 Å². The zero-order valence-electron chi connectivity index (χ0n) is 10.4. The molecular formula is C13H13FN4S. The van der Waals surface area contributed by atoms with Crippen molar-refractivity contribution in [2.45, 2.75) is 12.5 Å². The highest BCUT2D eigenvalue weighted by atomic mass is 32.1. The van der Waals surface area contributed by atoms with Crippen molar-refractivity contribution in [3.63, 3.8) is 0 Å². The minimum atomic E-state index is -0.407. The summed E-state index contributed by atoms with van der Waals surface area (Å²) in [5.74, 6) is 0.165. The molecule has 0 aliphatic carbocycles. The van der Waals surface area contributed by atoms with Crippen molar-refractivity contribution in [1.82, 2.24) is 4.98 Å². The van der Waals surface area contributed by atoms with Crippen LogP contribution in [-0.2, 0) is 5.54 Å². The van der Waals surface area contributed by atoms with Gasteiger partial charge in [-0.25, -0.2) is 9.37 Å². The Balaban J connectivity index is 2.06. The minimum absolute atomic E-state index is 0.269. The van der Waals surface area contributed by atoms with Gasteiger partial charge in [0.25, 0.3) is 0 Å². The number of anilines is 1. The molecule has 3 rings (SSSR count). The summed E-state index contributed by atoms with van der Waals surface area (Å²) >= 11 is 1.57. The molecule has 0 radical (unpaired) electrons. The Hall–Kier alpha value is -1.95. The third kappa shape index (κ3) is 1.88. The molecule has 1 aliphatic heterocycles. The van der Waals surface area contributed by atoms with E-state index in [0.29, 0.717) is 12.5 Å². The molecule has 0 amide bonds. The van der Waals surface area contributed by atoms with Crippen molar-refractivity contribution in [2.75, 3.05) is 11.4 Å². The molecule has 2 aromatic rings. The first-order valence-corrected chi connectivity index (χ1v) is 6.75. The Labute approximate surface area is 114 Å². The highest BCUT2D eigenvalue weighted by molar-refractivity contribution is 7.09. The molecule has 1 unspecified atom stereocenters. The number of nitrogens with two attached hydrogens (primary N) is 1. The first kappa shape index (κ1) is 12.1. The van der Waals surface area contributed by atoms with Gasteiger partial charge >= 0.3 is 0 Å². The third-order valence-corrected chi connectivity index (χ3v) is 4.28. The van der Waals surface area contributed by atoms with Crippen LogP contribution in [0, 0.1) is 5.82 Å². The number of aromatic nitrogens is 1. The van der Waals surface area contributed by atoms with Crippen LogP contribution in [-0.4, -0.2) is 17.5 Å². The maximum Gasteiger partial charge on any atom is 0.196 e. The molecule has 1 aromatic carbocycles. The van der Waals surface area contributed by atoms with Crippen LogP contribution in [0.15, 0.2) is 40.8 Å². The van der Waals surface area contributed by atoms with E-state index in [9.17, 15) is 4.39 Å². The van der Waals surface area contributed by atoms with E-state index in [4.69, 9.17) is 5.73 Å². The molecular weight excluding hydrogens is 263 g/mol. The van der Waals surface area contributed by atoms with E-state index in [1.54, 1.807) is 29.7 Å². The molecule has 2 heterocycles. The molecule has 2 N–H and O–H groups in total. The fourth-order valence-corrected chi connectivity index (χ4v) is 3.07. The molecule has 0 saturated carbocycles. The normalized spacial score (nSPS) is 22.6. The lowest BCUT2D eigenvalue weighted by molar-refractivity contribution is 0.529. The van der Waals surface area contributed by atoms with E-state index in [-0.39, 0.29) is 5.82 Å². The summed E-state index contributed by atoms with van der Waals surface area (Å²) < 4.78 is 13.0. The van der Waals surface area contributed by atoms with Gasteiger partial charge in [0.1, 0.15) is 16.4 Å². The molecule has 0 fully saturated rings. The number of hydrogen-bond acceptors (Lipinski definition) is 5. The topological polar surface area (TPSA) is 54.5 Å². The van der Waals surface area contributed by atoms with Gasteiger partial charge in [0.2, 0.25) is 0 Å². The minimum Gasteiger partial charge on any atom is -0.369 e. The van der Waals surface area contributed by atoms with Gasteiger partial charge in [0.05, 0.1) is 6.54 Å². The molecule has 98 valence electrons. The van der Waals surface area contributed by atoms with Crippen LogP contribution in [0.1, 0.15) is 11.9 Å². The fourth-order valence-electron chi connectivity index (χ4n) is 2.29. The Morgan fingerprint density at radius 1 is 1.37 bits per heavy atom. The second kappa shape index (κ2) is 4.31. The van der Waals surface area contributed by atoms with E-state index < -0.39 is 5.54 Å². The Morgan fingerprint density at radius 2 is 2.11 bits per heavy atom. The van der Waals surface area contributed by atoms with Crippen molar-refractivity contribution < 1.29 is 4.39 Å². The van der Waals surface area contributed by atoms with Gasteiger partial charge in [0.15, 0.2) is 5.96 Å². The van der Waals surface area contributed by atoms with Gasteiger partial charge in [0, 0.05) is 17.3 Å². The van der Waals surface area contributed by atoms with Crippen LogP contribution < -0.4 is 10.6 Å². The summed E-state index contributed by atoms with van der Waals surface area (Å²) in [6, 6.07) is 6.25. The number of guanidine groups is 1. The van der Waals surface area contributed by atoms with Gasteiger partial charge in [-0.15, -0.1) is 11.3 Å². The Morgan fingerprint density at radius 3 is 2.74 bits per heavy atom. The van der Waals surface area contributed by atoms with Gasteiger partial charge < -0.3 is 5.73 Å². The number of rotatable bonds is 2. The van der Waals surface area contributed by atoms with Gasteiger partial charge in [-0.1, -0.05) is 0 Å². The van der Waals surface area contributed by atoms with Crippen LogP contribution in [0.2, 0.25) is 0 Å². The van der Waals surface area contributed by atoms with Gasteiger partial charge in [-0.3, -0.25) is 9.89 Å². The van der Waals surface area contributed by atoms with Crippen molar-refractivity contribution >= 4 is 23.0 Å². The average molecular weight is 276 g/mol. The zero-order valence-corrected chi connectivity index (χ0v) is 11.2. The average Bonchev–Trinajstić information content (AvgIpc) is 3.01. The molecule has 1 aliphatic rings. The van der Waals surface area contributed by atoms with Crippen LogP contribution in [0.5, 0.6) is 0 Å². The van der Waals surface area contributed by atoms with Crippen molar-refractivity contribution in [2.24, 2.45) is 10.7 Å². The lowest BCUT2D eigenvalue weighted by Crippen LogP contribution is -2.47. The number of hydrogen-bond donors (Lipinski definition) is 1. The van der Waals surface area contributed by atoms with Crippen LogP contribution >= 0.6 is 11.3 Å². The molecule has 4 nitrogen and oxygen atoms in total. The van der Waals surface area contributed by atoms with E-state index >= 15 is 0 Å². The molecule has 1 atom stereocenters. The van der Waals surface area contributed by atoms with Gasteiger partial charge in [-0.05, 0) is 31.2 Å². The lowest BCUT2D eigenvalue weighted by atomic mass is 10.0. The first-order chi connectivity index (χ1) is 9.11. The molecule has 6 heteroatoms. The highest BCUT2D eigenvalue weighted by Gasteiger charge is 2.42. The first-order valence-electron chi connectivity index (χ1n) is 5.87. The summed E-state index contributed by atoms with van der Waals surface area (Å²) in [6.45, 7) is 2.59. The smallest absolute Gasteiger partial charge is 0.196 e. The molecule has 0 spiro atoms. The van der Waals surface area contributed by atoms with Crippen LogP contribution in [0.4, 0.5) is 10.1 Å². The number of aliphatic imine (C=N–C) groups is 1. The second-order valence-corrected chi connectivity index (χ2v) is 5.49. The number of nitrogens with zero attached hydrogens (tertiary/aromatic N) is 3. The van der Waals surface area contributed by atoms with E-state index in [0.717, 1.165) is 10.7 Å². The quantitative estimate of drug-likeness (QED) is 0.916. The third-order valence-electron chi connectivity index (χ3n) is 3.25. The molecule has 0 bridgehead atoms. The summed E-state index contributed by atoms with van der Waals surface area (Å²) in [4.78, 5) is 10.6. The zero-order chi connectivity index (χ0) is 13.5. The predicted octanol–water partition coefficient (Wildman–Crippen LogP) is 2.33. The number of halogens is 1. The molecule has 0 saturated heterocycles. The maximum absolute atomic E-state index is 13.0. The lowest BCUT2D eigenvalue weighted by Gasteiger charge is -2.34. The summed E-state index contributed by atoms with van der Waals surface area (Å²) in [6.07, 6.45) is 1.77. The predicted molar refractivity (Wildman–Crippen MR) is 74.8 cm³/mol. The highest BCUT2D eigenvalue weighted by Crippen LogP contribution is 2.37. The van der Waals surface area contributed by atoms with E-state index in [2.05, 4.69) is 9.98 Å². The number of benzene rings is 1. The summed E-state index contributed by atoms with van der Waals surface area (Å²) in [7, 11) is 0. The van der Waals surface area contributed by atoms with Crippen molar-refractivity contribution in [1.29, 1.82) is 0 Å². The Kier molecular flexibility index (Phi) is 2.74. The van der Waals surface area contributed by atoms with Crippen LogP contribution in [0.25, 0.3) is 0 Å². The SMILES string of the molecule is CC1(c2nccs2)CN=C(N)N1c1ccc(F)cc1.